The molecule has 0 saturated carbocycles. The minimum atomic E-state index is -0.598. The van der Waals surface area contributed by atoms with E-state index >= 15 is 0 Å². The Labute approximate surface area is 106 Å². The number of carbonyl (C=O) groups excluding carboxylic acids is 1. The number of carbonyl (C=O) groups is 1. The van der Waals surface area contributed by atoms with Gasteiger partial charge >= 0.3 is 18.9 Å². The molecule has 0 unspecified atom stereocenters. The maximum atomic E-state index is 11.5. The average molecular weight is 212 g/mol. The standard InChI is InChI=1S/C11H13NO3.Li/c1-8(11(14)15-2)12-10(13)9-6-4-3-5-7-9;/h3-7H,1-2H3,(H2,12,13,14);/q;+1/p-2/b11-8+;. The van der Waals surface area contributed by atoms with Crippen LogP contribution in [0.3, 0.4) is 0 Å². The fraction of sp³-hybridized carbons (Fsp3) is 0.182. The molecule has 0 saturated heterocycles. The Bertz CT molecular complexity index is 376. The number of amides is 1. The van der Waals surface area contributed by atoms with Gasteiger partial charge in [0.05, 0.1) is 5.91 Å². The number of ether oxygens (including phenoxy) is 1. The van der Waals surface area contributed by atoms with Crippen LogP contribution in [0, 0.1) is 0 Å². The minimum Gasteiger partial charge on any atom is -0.625 e. The zero-order valence-electron chi connectivity index (χ0n) is 9.56. The zero-order valence-corrected chi connectivity index (χ0v) is 9.56. The van der Waals surface area contributed by atoms with Crippen molar-refractivity contribution in [3.05, 3.63) is 52.9 Å². The van der Waals surface area contributed by atoms with Crippen molar-refractivity contribution in [3.63, 3.8) is 0 Å². The van der Waals surface area contributed by atoms with Crippen LogP contribution in [0.1, 0.15) is 17.3 Å². The molecule has 0 fully saturated rings. The monoisotopic (exact) mass is 212 g/mol. The third-order valence-corrected chi connectivity index (χ3v) is 1.77. The van der Waals surface area contributed by atoms with Crippen LogP contribution in [0.5, 0.6) is 0 Å². The van der Waals surface area contributed by atoms with Gasteiger partial charge in [-0.1, -0.05) is 37.3 Å². The molecule has 1 amide bonds. The molecule has 0 bridgehead atoms. The van der Waals surface area contributed by atoms with Gasteiger partial charge in [-0.25, -0.2) is 0 Å². The molecule has 0 radical (unpaired) electrons. The van der Waals surface area contributed by atoms with Gasteiger partial charge in [-0.2, -0.15) is 0 Å². The van der Waals surface area contributed by atoms with Gasteiger partial charge in [-0.15, -0.1) is 5.70 Å². The molecule has 0 heterocycles. The third kappa shape index (κ3) is 4.01. The van der Waals surface area contributed by atoms with Crippen LogP contribution >= 0.6 is 0 Å². The summed E-state index contributed by atoms with van der Waals surface area (Å²) in [6, 6.07) is 8.53. The summed E-state index contributed by atoms with van der Waals surface area (Å²) in [5.41, 5.74) is 0.493. The average Bonchev–Trinajstić information content (AvgIpc) is 2.29. The van der Waals surface area contributed by atoms with E-state index in [-0.39, 0.29) is 24.6 Å². The van der Waals surface area contributed by atoms with E-state index in [0.29, 0.717) is 5.56 Å². The van der Waals surface area contributed by atoms with Crippen LogP contribution in [-0.4, -0.2) is 13.0 Å². The van der Waals surface area contributed by atoms with Gasteiger partial charge in [0.2, 0.25) is 0 Å². The van der Waals surface area contributed by atoms with Crippen LogP contribution in [-0.2, 0) is 4.74 Å². The molecule has 0 aliphatic carbocycles. The van der Waals surface area contributed by atoms with E-state index in [9.17, 15) is 9.90 Å². The Balaban J connectivity index is 0.00000225. The molecule has 0 atom stereocenters. The molecule has 5 heteroatoms. The van der Waals surface area contributed by atoms with Crippen LogP contribution in [0.15, 0.2) is 42.0 Å². The summed E-state index contributed by atoms with van der Waals surface area (Å²) < 4.78 is 4.43. The molecule has 0 aromatic heterocycles. The zero-order chi connectivity index (χ0) is 11.3. The van der Waals surface area contributed by atoms with Crippen LogP contribution in [0.4, 0.5) is 0 Å². The summed E-state index contributed by atoms with van der Waals surface area (Å²) in [6.45, 7) is 1.44. The summed E-state index contributed by atoms with van der Waals surface area (Å²) in [5, 5.41) is 14.6. The van der Waals surface area contributed by atoms with Crippen molar-refractivity contribution in [1.29, 1.82) is 0 Å². The first-order chi connectivity index (χ1) is 7.15. The molecular formula is C11H11LiNO3-. The number of allylic oxidation sites excluding steroid dienone is 1. The van der Waals surface area contributed by atoms with Crippen molar-refractivity contribution >= 4 is 5.91 Å². The summed E-state index contributed by atoms with van der Waals surface area (Å²) in [4.78, 5) is 11.5. The van der Waals surface area contributed by atoms with Crippen molar-refractivity contribution in [2.45, 2.75) is 6.92 Å². The van der Waals surface area contributed by atoms with Crippen LogP contribution < -0.4 is 24.0 Å². The molecule has 16 heavy (non-hydrogen) atoms. The third-order valence-electron chi connectivity index (χ3n) is 1.77. The van der Waals surface area contributed by atoms with Crippen molar-refractivity contribution < 1.29 is 33.5 Å². The van der Waals surface area contributed by atoms with Crippen molar-refractivity contribution in [2.24, 2.45) is 0 Å². The molecule has 4 nitrogen and oxygen atoms in total. The first kappa shape index (κ1) is 14.6. The molecule has 0 N–H and O–H groups in total. The number of hydrogen-bond donors (Lipinski definition) is 0. The fourth-order valence-corrected chi connectivity index (χ4v) is 0.991. The molecule has 1 rings (SSSR count). The van der Waals surface area contributed by atoms with Gasteiger partial charge in [0.25, 0.3) is 0 Å². The topological polar surface area (TPSA) is 63.5 Å². The van der Waals surface area contributed by atoms with Gasteiger partial charge in [0.15, 0.2) is 0 Å². The molecule has 0 spiro atoms. The SMILES string of the molecule is CO/C([O-])=C(\C)[N-]C(=O)c1ccccc1.[Li+]. The smallest absolute Gasteiger partial charge is 0.625 e. The normalized spacial score (nSPS) is 10.9. The number of hydrogen-bond acceptors (Lipinski definition) is 3. The fourth-order valence-electron chi connectivity index (χ4n) is 0.991. The predicted molar refractivity (Wildman–Crippen MR) is 53.8 cm³/mol. The molecule has 0 aliphatic heterocycles. The molecular weight excluding hydrogens is 201 g/mol. The second kappa shape index (κ2) is 6.99. The van der Waals surface area contributed by atoms with Crippen LogP contribution in [0.25, 0.3) is 5.32 Å². The van der Waals surface area contributed by atoms with E-state index in [1.165, 1.54) is 14.0 Å². The summed E-state index contributed by atoms with van der Waals surface area (Å²) >= 11 is 0. The molecule has 0 aliphatic rings. The maximum absolute atomic E-state index is 11.5. The number of benzene rings is 1. The number of rotatable bonds is 3. The van der Waals surface area contributed by atoms with Crippen LogP contribution in [0.2, 0.25) is 0 Å². The van der Waals surface area contributed by atoms with Gasteiger partial charge in [-0.3, -0.25) is 0 Å². The molecule has 1 aromatic carbocycles. The number of methoxy groups -OCH3 is 1. The Morgan fingerprint density at radius 1 is 1.31 bits per heavy atom. The quantitative estimate of drug-likeness (QED) is 0.447. The Morgan fingerprint density at radius 2 is 1.88 bits per heavy atom. The minimum absolute atomic E-state index is 0. The van der Waals surface area contributed by atoms with E-state index in [4.69, 9.17) is 0 Å². The first-order valence-corrected chi connectivity index (χ1v) is 4.38. The largest absolute Gasteiger partial charge is 1.00 e. The Hall–Kier alpha value is -1.37. The van der Waals surface area contributed by atoms with E-state index in [1.54, 1.807) is 30.3 Å². The van der Waals surface area contributed by atoms with Crippen molar-refractivity contribution in [3.8, 4) is 0 Å². The van der Waals surface area contributed by atoms with E-state index < -0.39 is 11.9 Å². The summed E-state index contributed by atoms with van der Waals surface area (Å²) in [5.74, 6) is -1.04. The van der Waals surface area contributed by atoms with E-state index in [0.717, 1.165) is 0 Å². The van der Waals surface area contributed by atoms with Gasteiger partial charge < -0.3 is 20.0 Å². The second-order valence-corrected chi connectivity index (χ2v) is 2.86. The summed E-state index contributed by atoms with van der Waals surface area (Å²) in [7, 11) is 1.24. The summed E-state index contributed by atoms with van der Waals surface area (Å²) in [6.07, 6.45) is 0. The van der Waals surface area contributed by atoms with E-state index in [1.807, 2.05) is 0 Å². The predicted octanol–water partition coefficient (Wildman–Crippen LogP) is -1.60. The Kier molecular flexibility index (Phi) is 6.39. The first-order valence-electron chi connectivity index (χ1n) is 4.38. The van der Waals surface area contributed by atoms with E-state index in [2.05, 4.69) is 10.1 Å². The van der Waals surface area contributed by atoms with Crippen molar-refractivity contribution in [1.82, 2.24) is 0 Å². The Morgan fingerprint density at radius 3 is 2.38 bits per heavy atom. The number of nitrogens with zero attached hydrogens (tertiary/aromatic N) is 1. The van der Waals surface area contributed by atoms with Gasteiger partial charge in [0.1, 0.15) is 0 Å². The molecule has 1 aromatic rings. The maximum Gasteiger partial charge on any atom is 1.00 e. The van der Waals surface area contributed by atoms with Crippen molar-refractivity contribution in [2.75, 3.05) is 7.11 Å². The van der Waals surface area contributed by atoms with Gasteiger partial charge in [-0.05, 0) is 12.7 Å². The molecule has 80 valence electrons. The second-order valence-electron chi connectivity index (χ2n) is 2.86. The van der Waals surface area contributed by atoms with Gasteiger partial charge in [0, 0.05) is 5.95 Å².